The summed E-state index contributed by atoms with van der Waals surface area (Å²) in [4.78, 5) is 28.7. The Morgan fingerprint density at radius 2 is 1.50 bits per heavy atom. The fourth-order valence-corrected chi connectivity index (χ4v) is 2.97. The maximum atomic E-state index is 11.5. The van der Waals surface area contributed by atoms with Crippen LogP contribution in [0.3, 0.4) is 0 Å². The Balaban J connectivity index is 4.35. The van der Waals surface area contributed by atoms with Gasteiger partial charge in [-0.25, -0.2) is 0 Å². The normalized spacial score (nSPS) is 10.7. The molecule has 2 amide bonds. The van der Waals surface area contributed by atoms with E-state index in [1.54, 1.807) is 5.70 Å². The monoisotopic (exact) mass is 242 g/mol. The number of hydrogen-bond donors (Lipinski definition) is 2. The highest BCUT2D eigenvalue weighted by molar-refractivity contribution is 6.82. The van der Waals surface area contributed by atoms with Gasteiger partial charge in [-0.05, 0) is 19.4 Å². The van der Waals surface area contributed by atoms with Crippen LogP contribution < -0.4 is 9.96 Å². The molecule has 5 heteroatoms. The van der Waals surface area contributed by atoms with E-state index in [1.807, 2.05) is 20.4 Å². The van der Waals surface area contributed by atoms with Crippen LogP contribution in [0.15, 0.2) is 12.3 Å². The van der Waals surface area contributed by atoms with Gasteiger partial charge < -0.3 is 9.96 Å². The number of amides is 2. The number of carbonyl (C=O) groups is 2. The summed E-state index contributed by atoms with van der Waals surface area (Å²) in [5, 5.41) is 0. The first-order valence-corrected chi connectivity index (χ1v) is 8.30. The minimum atomic E-state index is -2.36. The standard InChI is InChI=1S/C11H22N2O2Si/c1-5-8-10(14)12-16(4,7-3)13-11(15)9-6-2/h7H,3,5-6,8-9H2,1-2,4H3,(H,12,14)(H,13,15). The molecule has 0 heterocycles. The summed E-state index contributed by atoms with van der Waals surface area (Å²) in [5.41, 5.74) is 1.67. The van der Waals surface area contributed by atoms with Crippen LogP contribution in [-0.4, -0.2) is 20.2 Å². The predicted molar refractivity (Wildman–Crippen MR) is 67.9 cm³/mol. The van der Waals surface area contributed by atoms with Crippen LogP contribution in [0, 0.1) is 0 Å². The van der Waals surface area contributed by atoms with Crippen LogP contribution in [0.5, 0.6) is 0 Å². The highest BCUT2D eigenvalue weighted by Crippen LogP contribution is 1.99. The maximum Gasteiger partial charge on any atom is 0.285 e. The second-order valence-corrected chi connectivity index (χ2v) is 7.32. The Kier molecular flexibility index (Phi) is 6.72. The SMILES string of the molecule is C=C[Si](C)(NC(=O)CCC)NC(=O)CCC. The minimum absolute atomic E-state index is 0.0200. The third kappa shape index (κ3) is 5.70. The molecule has 0 aromatic rings. The molecular weight excluding hydrogens is 220 g/mol. The molecule has 0 aliphatic carbocycles. The molecule has 92 valence electrons. The van der Waals surface area contributed by atoms with E-state index in [0.29, 0.717) is 12.8 Å². The molecule has 0 spiro atoms. The predicted octanol–water partition coefficient (Wildman–Crippen LogP) is 1.62. The van der Waals surface area contributed by atoms with Gasteiger partial charge in [0.25, 0.3) is 8.40 Å². The first kappa shape index (κ1) is 14.9. The first-order chi connectivity index (χ1) is 7.47. The minimum Gasteiger partial charge on any atom is -0.362 e. The van der Waals surface area contributed by atoms with Gasteiger partial charge in [-0.2, -0.15) is 0 Å². The van der Waals surface area contributed by atoms with Crippen LogP contribution in [-0.2, 0) is 9.59 Å². The summed E-state index contributed by atoms with van der Waals surface area (Å²) >= 11 is 0. The molecule has 4 nitrogen and oxygen atoms in total. The lowest BCUT2D eigenvalue weighted by atomic mass is 10.3. The molecule has 0 unspecified atom stereocenters. The van der Waals surface area contributed by atoms with E-state index in [4.69, 9.17) is 0 Å². The van der Waals surface area contributed by atoms with Crippen molar-refractivity contribution in [3.05, 3.63) is 12.3 Å². The van der Waals surface area contributed by atoms with Crippen molar-refractivity contribution in [2.24, 2.45) is 0 Å². The van der Waals surface area contributed by atoms with E-state index < -0.39 is 8.40 Å². The molecule has 0 aliphatic rings. The molecule has 0 atom stereocenters. The van der Waals surface area contributed by atoms with Crippen LogP contribution in [0.4, 0.5) is 0 Å². The second-order valence-electron chi connectivity index (χ2n) is 4.00. The lowest BCUT2D eigenvalue weighted by molar-refractivity contribution is -0.119. The van der Waals surface area contributed by atoms with Gasteiger partial charge in [0.15, 0.2) is 0 Å². The van der Waals surface area contributed by atoms with Crippen molar-refractivity contribution >= 4 is 20.2 Å². The van der Waals surface area contributed by atoms with Crippen molar-refractivity contribution in [3.8, 4) is 0 Å². The third-order valence-corrected chi connectivity index (χ3v) is 4.57. The maximum absolute atomic E-state index is 11.5. The van der Waals surface area contributed by atoms with E-state index in [0.717, 1.165) is 12.8 Å². The summed E-state index contributed by atoms with van der Waals surface area (Å²) in [6.07, 6.45) is 2.58. The van der Waals surface area contributed by atoms with Gasteiger partial charge in [0.2, 0.25) is 11.8 Å². The second kappa shape index (κ2) is 7.22. The van der Waals surface area contributed by atoms with Crippen molar-refractivity contribution < 1.29 is 9.59 Å². The number of nitrogens with one attached hydrogen (secondary N) is 2. The third-order valence-electron chi connectivity index (χ3n) is 2.16. The molecule has 0 aromatic carbocycles. The van der Waals surface area contributed by atoms with Gasteiger partial charge in [-0.15, -0.1) is 6.58 Å². The number of hydrogen-bond acceptors (Lipinski definition) is 2. The fourth-order valence-electron chi connectivity index (χ4n) is 1.29. The number of rotatable bonds is 7. The molecule has 0 aromatic heterocycles. The van der Waals surface area contributed by atoms with Crippen molar-refractivity contribution in [3.63, 3.8) is 0 Å². The van der Waals surface area contributed by atoms with Crippen molar-refractivity contribution in [1.29, 1.82) is 0 Å². The summed E-state index contributed by atoms with van der Waals surface area (Å²) in [6.45, 7) is 9.45. The van der Waals surface area contributed by atoms with Crippen LogP contribution in [0.1, 0.15) is 39.5 Å². The topological polar surface area (TPSA) is 58.2 Å². The highest BCUT2D eigenvalue weighted by Gasteiger charge is 2.28. The molecule has 0 rings (SSSR count). The molecule has 0 radical (unpaired) electrons. The molecule has 0 saturated heterocycles. The van der Waals surface area contributed by atoms with Gasteiger partial charge in [-0.1, -0.05) is 19.5 Å². The van der Waals surface area contributed by atoms with E-state index in [2.05, 4.69) is 16.5 Å². The Morgan fingerprint density at radius 3 is 1.75 bits per heavy atom. The Labute approximate surface area is 98.7 Å². The number of carbonyl (C=O) groups excluding carboxylic acids is 2. The lowest BCUT2D eigenvalue weighted by Gasteiger charge is -2.25. The Morgan fingerprint density at radius 1 is 1.12 bits per heavy atom. The van der Waals surface area contributed by atoms with Gasteiger partial charge >= 0.3 is 0 Å². The zero-order valence-electron chi connectivity index (χ0n) is 10.4. The molecule has 0 bridgehead atoms. The highest BCUT2D eigenvalue weighted by atomic mass is 28.3. The van der Waals surface area contributed by atoms with Gasteiger partial charge in [0.05, 0.1) is 0 Å². The molecule has 0 fully saturated rings. The average molecular weight is 242 g/mol. The summed E-state index contributed by atoms with van der Waals surface area (Å²) in [6, 6.07) is 0. The van der Waals surface area contributed by atoms with E-state index >= 15 is 0 Å². The van der Waals surface area contributed by atoms with Gasteiger partial charge in [-0.3, -0.25) is 9.59 Å². The van der Waals surface area contributed by atoms with Crippen molar-refractivity contribution in [2.75, 3.05) is 0 Å². The van der Waals surface area contributed by atoms with E-state index in [1.165, 1.54) is 0 Å². The van der Waals surface area contributed by atoms with E-state index in [-0.39, 0.29) is 11.8 Å². The van der Waals surface area contributed by atoms with E-state index in [9.17, 15) is 9.59 Å². The van der Waals surface area contributed by atoms with Gasteiger partial charge in [0.1, 0.15) is 0 Å². The molecule has 0 aliphatic heterocycles. The molecular formula is C11H22N2O2Si. The first-order valence-electron chi connectivity index (χ1n) is 5.73. The zero-order chi connectivity index (χ0) is 12.6. The molecule has 2 N–H and O–H groups in total. The van der Waals surface area contributed by atoms with Crippen molar-refractivity contribution in [1.82, 2.24) is 9.96 Å². The summed E-state index contributed by atoms with van der Waals surface area (Å²) in [7, 11) is -2.36. The van der Waals surface area contributed by atoms with Crippen LogP contribution >= 0.6 is 0 Å². The average Bonchev–Trinajstić information content (AvgIpc) is 2.17. The Hall–Kier alpha value is -1.10. The Bertz CT molecular complexity index is 247. The van der Waals surface area contributed by atoms with Crippen LogP contribution in [0.2, 0.25) is 6.55 Å². The molecule has 16 heavy (non-hydrogen) atoms. The smallest absolute Gasteiger partial charge is 0.285 e. The van der Waals surface area contributed by atoms with Crippen molar-refractivity contribution in [2.45, 2.75) is 46.1 Å². The quantitative estimate of drug-likeness (QED) is 0.666. The summed E-state index contributed by atoms with van der Waals surface area (Å²) in [5.74, 6) is -0.0401. The fraction of sp³-hybridized carbons (Fsp3) is 0.636. The zero-order valence-corrected chi connectivity index (χ0v) is 11.4. The lowest BCUT2D eigenvalue weighted by Crippen LogP contribution is -2.62. The van der Waals surface area contributed by atoms with Crippen LogP contribution in [0.25, 0.3) is 0 Å². The van der Waals surface area contributed by atoms with Gasteiger partial charge in [0, 0.05) is 12.8 Å². The largest absolute Gasteiger partial charge is 0.362 e. The molecule has 0 saturated carbocycles. The summed E-state index contributed by atoms with van der Waals surface area (Å²) < 4.78 is 0.